The van der Waals surface area contributed by atoms with Crippen molar-refractivity contribution in [1.82, 2.24) is 9.97 Å². The molecule has 0 spiro atoms. The molecular formula is C23H21N3OS2. The Morgan fingerprint density at radius 3 is 2.59 bits per heavy atom. The van der Waals surface area contributed by atoms with Crippen molar-refractivity contribution in [3.63, 3.8) is 0 Å². The lowest BCUT2D eigenvalue weighted by molar-refractivity contribution is -0.118. The van der Waals surface area contributed by atoms with Gasteiger partial charge >= 0.3 is 0 Å². The minimum absolute atomic E-state index is 0.0301. The van der Waals surface area contributed by atoms with Crippen LogP contribution in [0.15, 0.2) is 71.9 Å². The van der Waals surface area contributed by atoms with Crippen LogP contribution >= 0.6 is 23.1 Å². The van der Waals surface area contributed by atoms with E-state index in [-0.39, 0.29) is 5.91 Å². The largest absolute Gasteiger partial charge is 0.283 e. The van der Waals surface area contributed by atoms with E-state index < -0.39 is 0 Å². The lowest BCUT2D eigenvalue weighted by atomic mass is 10.1. The fraction of sp³-hybridized carbons (Fsp3) is 0.174. The molecule has 146 valence electrons. The molecule has 6 heteroatoms. The van der Waals surface area contributed by atoms with Crippen molar-refractivity contribution in [2.75, 3.05) is 11.2 Å². The molecule has 2 aromatic heterocycles. The van der Waals surface area contributed by atoms with E-state index in [2.05, 4.69) is 23.2 Å². The van der Waals surface area contributed by atoms with Gasteiger partial charge in [-0.15, -0.1) is 11.8 Å². The Hall–Kier alpha value is -2.70. The van der Waals surface area contributed by atoms with Gasteiger partial charge in [-0.1, -0.05) is 41.7 Å². The van der Waals surface area contributed by atoms with Gasteiger partial charge in [-0.2, -0.15) is 0 Å². The maximum absolute atomic E-state index is 13.3. The summed E-state index contributed by atoms with van der Waals surface area (Å²) in [5.41, 5.74) is 4.06. The van der Waals surface area contributed by atoms with Gasteiger partial charge in [0.15, 0.2) is 5.13 Å². The number of amides is 1. The number of carbonyl (C=O) groups is 1. The molecule has 0 N–H and O–H groups in total. The first-order valence-corrected chi connectivity index (χ1v) is 11.4. The highest BCUT2D eigenvalue weighted by molar-refractivity contribution is 7.98. The van der Waals surface area contributed by atoms with E-state index >= 15 is 0 Å². The zero-order chi connectivity index (χ0) is 20.2. The number of hydrogen-bond acceptors (Lipinski definition) is 5. The van der Waals surface area contributed by atoms with E-state index in [1.807, 2.05) is 49.6 Å². The topological polar surface area (TPSA) is 46.1 Å². The van der Waals surface area contributed by atoms with Crippen LogP contribution in [0.4, 0.5) is 5.13 Å². The van der Waals surface area contributed by atoms with E-state index in [9.17, 15) is 4.79 Å². The van der Waals surface area contributed by atoms with Crippen LogP contribution in [0, 0.1) is 6.92 Å². The van der Waals surface area contributed by atoms with Gasteiger partial charge in [0.2, 0.25) is 5.91 Å². The summed E-state index contributed by atoms with van der Waals surface area (Å²) in [7, 11) is 0. The lowest BCUT2D eigenvalue weighted by Gasteiger charge is -2.20. The average Bonchev–Trinajstić information content (AvgIpc) is 3.18. The Morgan fingerprint density at radius 1 is 1.07 bits per heavy atom. The zero-order valence-electron chi connectivity index (χ0n) is 16.3. The molecule has 0 aliphatic heterocycles. The fourth-order valence-electron chi connectivity index (χ4n) is 3.14. The molecule has 1 amide bonds. The smallest absolute Gasteiger partial charge is 0.233 e. The quantitative estimate of drug-likeness (QED) is 0.387. The maximum atomic E-state index is 13.3. The second-order valence-electron chi connectivity index (χ2n) is 6.78. The van der Waals surface area contributed by atoms with Crippen LogP contribution in [0.2, 0.25) is 0 Å². The number of aromatic nitrogens is 2. The molecule has 4 rings (SSSR count). The summed E-state index contributed by atoms with van der Waals surface area (Å²) in [4.78, 5) is 25.3. The summed E-state index contributed by atoms with van der Waals surface area (Å²) < 4.78 is 1.09. The normalized spacial score (nSPS) is 11.0. The highest BCUT2D eigenvalue weighted by Crippen LogP contribution is 2.32. The van der Waals surface area contributed by atoms with Gasteiger partial charge in [-0.25, -0.2) is 4.98 Å². The van der Waals surface area contributed by atoms with Gasteiger partial charge in [0.05, 0.1) is 23.2 Å². The molecule has 4 aromatic rings. The van der Waals surface area contributed by atoms with Crippen molar-refractivity contribution >= 4 is 44.4 Å². The molecule has 0 radical (unpaired) electrons. The number of rotatable bonds is 6. The molecule has 0 fully saturated rings. The Labute approximate surface area is 178 Å². The minimum Gasteiger partial charge on any atom is -0.283 e. The van der Waals surface area contributed by atoms with Crippen LogP contribution in [0.25, 0.3) is 10.2 Å². The molecular weight excluding hydrogens is 398 g/mol. The molecule has 0 aliphatic carbocycles. The minimum atomic E-state index is 0.0301. The summed E-state index contributed by atoms with van der Waals surface area (Å²) in [6.45, 7) is 2.50. The van der Waals surface area contributed by atoms with Gasteiger partial charge in [-0.3, -0.25) is 14.7 Å². The standard InChI is InChI=1S/C23H21N3OS2/c1-16-5-3-7-20-22(16)25-23(29-20)26(15-18-6-4-12-24-14-18)21(27)13-17-8-10-19(28-2)11-9-17/h3-12,14H,13,15H2,1-2H3. The van der Waals surface area contributed by atoms with Crippen LogP contribution in [0.1, 0.15) is 16.7 Å². The molecule has 2 heterocycles. The number of pyridine rings is 1. The zero-order valence-corrected chi connectivity index (χ0v) is 18.0. The van der Waals surface area contributed by atoms with Crippen molar-refractivity contribution in [1.29, 1.82) is 0 Å². The number of benzene rings is 2. The monoisotopic (exact) mass is 419 g/mol. The van der Waals surface area contributed by atoms with Gasteiger partial charge in [0.25, 0.3) is 0 Å². The number of hydrogen-bond donors (Lipinski definition) is 0. The van der Waals surface area contributed by atoms with E-state index in [0.29, 0.717) is 13.0 Å². The molecule has 0 saturated heterocycles. The third-order valence-electron chi connectivity index (χ3n) is 4.72. The number of carbonyl (C=O) groups excluding carboxylic acids is 1. The summed E-state index contributed by atoms with van der Waals surface area (Å²) in [5, 5.41) is 0.726. The van der Waals surface area contributed by atoms with Gasteiger partial charge in [0, 0.05) is 17.3 Å². The summed E-state index contributed by atoms with van der Waals surface area (Å²) in [5.74, 6) is 0.0301. The molecule has 29 heavy (non-hydrogen) atoms. The van der Waals surface area contributed by atoms with Crippen molar-refractivity contribution in [2.45, 2.75) is 24.8 Å². The highest BCUT2D eigenvalue weighted by atomic mass is 32.2. The van der Waals surface area contributed by atoms with E-state index in [0.717, 1.165) is 32.0 Å². The number of fused-ring (bicyclic) bond motifs is 1. The highest BCUT2D eigenvalue weighted by Gasteiger charge is 2.21. The van der Waals surface area contributed by atoms with Crippen LogP contribution < -0.4 is 4.90 Å². The first-order chi connectivity index (χ1) is 14.1. The van der Waals surface area contributed by atoms with E-state index in [1.54, 1.807) is 40.4 Å². The first kappa shape index (κ1) is 19.6. The van der Waals surface area contributed by atoms with E-state index in [1.165, 1.54) is 4.90 Å². The molecule has 0 aliphatic rings. The number of thioether (sulfide) groups is 1. The molecule has 2 aromatic carbocycles. The molecule has 0 unspecified atom stereocenters. The number of para-hydroxylation sites is 1. The predicted octanol–water partition coefficient (Wildman–Crippen LogP) is 5.50. The molecule has 4 nitrogen and oxygen atoms in total. The van der Waals surface area contributed by atoms with E-state index in [4.69, 9.17) is 4.98 Å². The Bertz CT molecular complexity index is 1120. The number of aryl methyl sites for hydroxylation is 1. The Balaban J connectivity index is 1.66. The summed E-state index contributed by atoms with van der Waals surface area (Å²) in [6, 6.07) is 18.2. The second kappa shape index (κ2) is 8.76. The molecule has 0 atom stereocenters. The van der Waals surface area contributed by atoms with Gasteiger partial charge in [-0.05, 0) is 54.1 Å². The second-order valence-corrected chi connectivity index (χ2v) is 8.67. The van der Waals surface area contributed by atoms with Crippen LogP contribution in [-0.4, -0.2) is 22.1 Å². The van der Waals surface area contributed by atoms with Gasteiger partial charge < -0.3 is 0 Å². The Morgan fingerprint density at radius 2 is 1.90 bits per heavy atom. The number of thiazole rings is 1. The predicted molar refractivity (Wildman–Crippen MR) is 122 cm³/mol. The summed E-state index contributed by atoms with van der Waals surface area (Å²) >= 11 is 3.25. The van der Waals surface area contributed by atoms with Crippen molar-refractivity contribution < 1.29 is 4.79 Å². The van der Waals surface area contributed by atoms with Crippen LogP contribution in [0.3, 0.4) is 0 Å². The molecule has 0 saturated carbocycles. The Kier molecular flexibility index (Phi) is 5.92. The maximum Gasteiger partial charge on any atom is 0.233 e. The summed E-state index contributed by atoms with van der Waals surface area (Å²) in [6.07, 6.45) is 5.92. The number of anilines is 1. The van der Waals surface area contributed by atoms with Crippen molar-refractivity contribution in [3.8, 4) is 0 Å². The lowest BCUT2D eigenvalue weighted by Crippen LogP contribution is -2.31. The van der Waals surface area contributed by atoms with Gasteiger partial charge in [0.1, 0.15) is 0 Å². The first-order valence-electron chi connectivity index (χ1n) is 9.32. The number of nitrogens with zero attached hydrogens (tertiary/aromatic N) is 3. The molecule has 0 bridgehead atoms. The van der Waals surface area contributed by atoms with Crippen molar-refractivity contribution in [2.24, 2.45) is 0 Å². The van der Waals surface area contributed by atoms with Crippen molar-refractivity contribution in [3.05, 3.63) is 83.7 Å². The van der Waals surface area contributed by atoms with Crippen LogP contribution in [0.5, 0.6) is 0 Å². The fourth-order valence-corrected chi connectivity index (χ4v) is 4.61. The third-order valence-corrected chi connectivity index (χ3v) is 6.51. The SMILES string of the molecule is CSc1ccc(CC(=O)N(Cc2cccnc2)c2nc3c(C)cccc3s2)cc1. The van der Waals surface area contributed by atoms with Crippen LogP contribution in [-0.2, 0) is 17.8 Å². The average molecular weight is 420 g/mol. The third kappa shape index (κ3) is 4.49.